The van der Waals surface area contributed by atoms with Crippen LogP contribution >= 0.6 is 0 Å². The predicted octanol–water partition coefficient (Wildman–Crippen LogP) is 3.11. The van der Waals surface area contributed by atoms with Gasteiger partial charge in [-0.3, -0.25) is 0 Å². The van der Waals surface area contributed by atoms with Crippen LogP contribution in [0.4, 0.5) is 5.69 Å². The Labute approximate surface area is 101 Å². The van der Waals surface area contributed by atoms with Crippen molar-refractivity contribution in [3.63, 3.8) is 0 Å². The van der Waals surface area contributed by atoms with Crippen molar-refractivity contribution in [3.05, 3.63) is 30.2 Å². The summed E-state index contributed by atoms with van der Waals surface area (Å²) >= 11 is 0. The fourth-order valence-electron chi connectivity index (χ4n) is 1.54. The van der Waals surface area contributed by atoms with Crippen LogP contribution in [0.5, 0.6) is 0 Å². The second kappa shape index (κ2) is 4.99. The Morgan fingerprint density at radius 2 is 2.00 bits per heavy atom. The van der Waals surface area contributed by atoms with Gasteiger partial charge in [-0.2, -0.15) is 0 Å². The Morgan fingerprint density at radius 1 is 1.24 bits per heavy atom. The lowest BCUT2D eigenvalue weighted by Gasteiger charge is -2.11. The van der Waals surface area contributed by atoms with Crippen molar-refractivity contribution in [2.45, 2.75) is 20.8 Å². The minimum absolute atomic E-state index is 0.564. The van der Waals surface area contributed by atoms with E-state index in [-0.39, 0.29) is 0 Å². The summed E-state index contributed by atoms with van der Waals surface area (Å²) in [6.07, 6.45) is 0. The van der Waals surface area contributed by atoms with Crippen molar-refractivity contribution in [1.82, 2.24) is 10.2 Å². The van der Waals surface area contributed by atoms with Gasteiger partial charge in [0.25, 0.3) is 0 Å². The van der Waals surface area contributed by atoms with E-state index in [4.69, 9.17) is 4.42 Å². The zero-order valence-electron chi connectivity index (χ0n) is 10.4. The topological polar surface area (TPSA) is 51.0 Å². The zero-order chi connectivity index (χ0) is 12.3. The second-order valence-corrected chi connectivity index (χ2v) is 4.45. The summed E-state index contributed by atoms with van der Waals surface area (Å²) < 4.78 is 5.45. The van der Waals surface area contributed by atoms with Gasteiger partial charge in [-0.05, 0) is 18.1 Å². The first kappa shape index (κ1) is 11.6. The molecule has 0 saturated heterocycles. The molecular formula is C13H17N3O. The highest BCUT2D eigenvalue weighted by atomic mass is 16.4. The molecule has 0 atom stereocenters. The Morgan fingerprint density at radius 3 is 2.65 bits per heavy atom. The van der Waals surface area contributed by atoms with E-state index in [0.717, 1.165) is 17.8 Å². The standard InChI is InChI=1S/C13H17N3O/c1-9(2)8-14-12-7-5-4-6-11(12)13-16-15-10(3)17-13/h4-7,9,14H,8H2,1-3H3. The molecule has 4 nitrogen and oxygen atoms in total. The minimum atomic E-state index is 0.564. The maximum atomic E-state index is 5.45. The van der Waals surface area contributed by atoms with E-state index in [2.05, 4.69) is 29.4 Å². The highest BCUT2D eigenvalue weighted by molar-refractivity contribution is 5.72. The Bertz CT molecular complexity index is 491. The van der Waals surface area contributed by atoms with Crippen LogP contribution in [0.25, 0.3) is 11.5 Å². The lowest BCUT2D eigenvalue weighted by molar-refractivity contribution is 0.533. The van der Waals surface area contributed by atoms with Crippen molar-refractivity contribution in [3.8, 4) is 11.5 Å². The normalized spacial score (nSPS) is 10.8. The molecular weight excluding hydrogens is 214 g/mol. The van der Waals surface area contributed by atoms with Crippen molar-refractivity contribution < 1.29 is 4.42 Å². The van der Waals surface area contributed by atoms with Crippen LogP contribution in [0.1, 0.15) is 19.7 Å². The number of aromatic nitrogens is 2. The number of nitrogens with zero attached hydrogens (tertiary/aromatic N) is 2. The molecule has 1 aromatic carbocycles. The number of rotatable bonds is 4. The van der Waals surface area contributed by atoms with Crippen LogP contribution in [-0.4, -0.2) is 16.7 Å². The molecule has 17 heavy (non-hydrogen) atoms. The first-order valence-corrected chi connectivity index (χ1v) is 5.80. The first-order chi connectivity index (χ1) is 8.16. The molecule has 90 valence electrons. The van der Waals surface area contributed by atoms with Crippen LogP contribution in [-0.2, 0) is 0 Å². The number of aryl methyl sites for hydroxylation is 1. The maximum absolute atomic E-state index is 5.45. The third-order valence-corrected chi connectivity index (χ3v) is 2.38. The second-order valence-electron chi connectivity index (χ2n) is 4.45. The minimum Gasteiger partial charge on any atom is -0.421 e. The van der Waals surface area contributed by atoms with E-state index < -0.39 is 0 Å². The fourth-order valence-corrected chi connectivity index (χ4v) is 1.54. The van der Waals surface area contributed by atoms with Gasteiger partial charge in [0.2, 0.25) is 11.8 Å². The van der Waals surface area contributed by atoms with Gasteiger partial charge in [-0.15, -0.1) is 10.2 Å². The summed E-state index contributed by atoms with van der Waals surface area (Å²) in [5.74, 6) is 1.74. The van der Waals surface area contributed by atoms with Gasteiger partial charge < -0.3 is 9.73 Å². The number of benzene rings is 1. The molecule has 1 aromatic heterocycles. The number of para-hydroxylation sites is 1. The van der Waals surface area contributed by atoms with Gasteiger partial charge in [-0.25, -0.2) is 0 Å². The smallest absolute Gasteiger partial charge is 0.249 e. The molecule has 0 amide bonds. The van der Waals surface area contributed by atoms with Gasteiger partial charge in [0, 0.05) is 19.2 Å². The molecule has 4 heteroatoms. The third-order valence-electron chi connectivity index (χ3n) is 2.38. The van der Waals surface area contributed by atoms with E-state index in [9.17, 15) is 0 Å². The van der Waals surface area contributed by atoms with Gasteiger partial charge >= 0.3 is 0 Å². The first-order valence-electron chi connectivity index (χ1n) is 5.80. The van der Waals surface area contributed by atoms with Crippen molar-refractivity contribution in [1.29, 1.82) is 0 Å². The number of hydrogen-bond acceptors (Lipinski definition) is 4. The molecule has 0 fully saturated rings. The molecule has 2 rings (SSSR count). The Balaban J connectivity index is 2.27. The van der Waals surface area contributed by atoms with Crippen LogP contribution in [0.2, 0.25) is 0 Å². The summed E-state index contributed by atoms with van der Waals surface area (Å²) in [5.41, 5.74) is 1.98. The number of hydrogen-bond donors (Lipinski definition) is 1. The van der Waals surface area contributed by atoms with Gasteiger partial charge in [0.15, 0.2) is 0 Å². The van der Waals surface area contributed by atoms with Crippen LogP contribution in [0.3, 0.4) is 0 Å². The summed E-state index contributed by atoms with van der Waals surface area (Å²) in [7, 11) is 0. The molecule has 0 bridgehead atoms. The molecule has 0 spiro atoms. The molecule has 2 aromatic rings. The summed E-state index contributed by atoms with van der Waals surface area (Å²) in [5, 5.41) is 11.3. The molecule has 0 aliphatic heterocycles. The predicted molar refractivity (Wildman–Crippen MR) is 67.8 cm³/mol. The molecule has 0 aliphatic rings. The molecule has 1 N–H and O–H groups in total. The average Bonchev–Trinajstić information content (AvgIpc) is 2.73. The highest BCUT2D eigenvalue weighted by Gasteiger charge is 2.10. The molecule has 0 unspecified atom stereocenters. The zero-order valence-corrected chi connectivity index (χ0v) is 10.4. The van der Waals surface area contributed by atoms with Crippen molar-refractivity contribution >= 4 is 5.69 Å². The summed E-state index contributed by atoms with van der Waals surface area (Å²) in [4.78, 5) is 0. The van der Waals surface area contributed by atoms with Crippen LogP contribution < -0.4 is 5.32 Å². The highest BCUT2D eigenvalue weighted by Crippen LogP contribution is 2.26. The molecule has 0 radical (unpaired) electrons. The summed E-state index contributed by atoms with van der Waals surface area (Å²) in [6, 6.07) is 7.97. The van der Waals surface area contributed by atoms with Crippen molar-refractivity contribution in [2.75, 3.05) is 11.9 Å². The van der Waals surface area contributed by atoms with E-state index in [0.29, 0.717) is 17.7 Å². The van der Waals surface area contributed by atoms with Gasteiger partial charge in [0.1, 0.15) is 0 Å². The quantitative estimate of drug-likeness (QED) is 0.878. The lowest BCUT2D eigenvalue weighted by atomic mass is 10.1. The summed E-state index contributed by atoms with van der Waals surface area (Å²) in [6.45, 7) is 7.06. The van der Waals surface area contributed by atoms with Gasteiger partial charge in [0.05, 0.1) is 5.56 Å². The third kappa shape index (κ3) is 2.84. The van der Waals surface area contributed by atoms with E-state index >= 15 is 0 Å². The molecule has 0 saturated carbocycles. The average molecular weight is 231 g/mol. The van der Waals surface area contributed by atoms with Gasteiger partial charge in [-0.1, -0.05) is 26.0 Å². The van der Waals surface area contributed by atoms with E-state index in [1.165, 1.54) is 0 Å². The SMILES string of the molecule is Cc1nnc(-c2ccccc2NCC(C)C)o1. The Kier molecular flexibility index (Phi) is 3.42. The van der Waals surface area contributed by atoms with E-state index in [1.807, 2.05) is 24.3 Å². The van der Waals surface area contributed by atoms with Crippen molar-refractivity contribution in [2.24, 2.45) is 5.92 Å². The Hall–Kier alpha value is -1.84. The number of nitrogens with one attached hydrogen (secondary N) is 1. The fraction of sp³-hybridized carbons (Fsp3) is 0.385. The van der Waals surface area contributed by atoms with Crippen LogP contribution in [0.15, 0.2) is 28.7 Å². The monoisotopic (exact) mass is 231 g/mol. The lowest BCUT2D eigenvalue weighted by Crippen LogP contribution is -2.08. The van der Waals surface area contributed by atoms with E-state index in [1.54, 1.807) is 6.92 Å². The number of anilines is 1. The van der Waals surface area contributed by atoms with Crippen LogP contribution in [0, 0.1) is 12.8 Å². The molecule has 1 heterocycles. The maximum Gasteiger partial charge on any atom is 0.249 e. The largest absolute Gasteiger partial charge is 0.421 e. The molecule has 0 aliphatic carbocycles.